The second-order valence-corrected chi connectivity index (χ2v) is 6.67. The van der Waals surface area contributed by atoms with Gasteiger partial charge < -0.3 is 19.5 Å². The molecule has 9 heteroatoms. The van der Waals surface area contributed by atoms with E-state index in [1.807, 2.05) is 6.07 Å². The van der Waals surface area contributed by atoms with Crippen molar-refractivity contribution in [2.45, 2.75) is 0 Å². The number of nitriles is 1. The number of benzene rings is 2. The summed E-state index contributed by atoms with van der Waals surface area (Å²) in [6, 6.07) is 12.8. The number of rotatable bonds is 9. The maximum atomic E-state index is 12.0. The molecular weight excluding hydrogens is 431 g/mol. The van der Waals surface area contributed by atoms with Crippen LogP contribution in [0.2, 0.25) is 10.0 Å². The zero-order valence-corrected chi connectivity index (χ0v) is 17.5. The largest absolute Gasteiger partial charge is 0.480 e. The Morgan fingerprint density at radius 1 is 1.17 bits per heavy atom. The maximum absolute atomic E-state index is 12.0. The number of ether oxygens (including phenoxy) is 3. The highest BCUT2D eigenvalue weighted by molar-refractivity contribution is 6.34. The van der Waals surface area contributed by atoms with Crippen LogP contribution in [0.5, 0.6) is 11.5 Å². The third-order valence-electron chi connectivity index (χ3n) is 3.62. The minimum absolute atomic E-state index is 0.0531. The number of nitrogens with zero attached hydrogens (tertiary/aromatic N) is 1. The Kier molecular flexibility index (Phi) is 9.16. The van der Waals surface area contributed by atoms with Crippen molar-refractivity contribution in [1.29, 1.82) is 5.26 Å². The van der Waals surface area contributed by atoms with E-state index in [1.54, 1.807) is 24.3 Å². The molecule has 1 amide bonds. The minimum atomic E-state index is -0.635. The van der Waals surface area contributed by atoms with Gasteiger partial charge in [-0.05, 0) is 35.9 Å². The third-order valence-corrected chi connectivity index (χ3v) is 4.17. The Bertz CT molecular complexity index is 968. The van der Waals surface area contributed by atoms with E-state index in [0.29, 0.717) is 28.8 Å². The van der Waals surface area contributed by atoms with Crippen molar-refractivity contribution in [2.24, 2.45) is 0 Å². The lowest BCUT2D eigenvalue weighted by atomic mass is 10.1. The van der Waals surface area contributed by atoms with Crippen molar-refractivity contribution in [2.75, 3.05) is 26.9 Å². The molecule has 30 heavy (non-hydrogen) atoms. The van der Waals surface area contributed by atoms with Crippen LogP contribution in [0.15, 0.2) is 48.0 Å². The van der Waals surface area contributed by atoms with Crippen LogP contribution in [0.4, 0.5) is 0 Å². The lowest BCUT2D eigenvalue weighted by Gasteiger charge is -2.08. The number of nitrogens with one attached hydrogen (secondary N) is 1. The lowest BCUT2D eigenvalue weighted by Crippen LogP contribution is -2.27. The predicted octanol–water partition coefficient (Wildman–Crippen LogP) is 3.65. The first kappa shape index (κ1) is 23.2. The van der Waals surface area contributed by atoms with Gasteiger partial charge in [0, 0.05) is 24.7 Å². The first-order chi connectivity index (χ1) is 14.4. The molecule has 156 valence electrons. The molecule has 0 spiro atoms. The van der Waals surface area contributed by atoms with E-state index < -0.39 is 11.9 Å². The summed E-state index contributed by atoms with van der Waals surface area (Å²) in [5, 5.41) is 12.5. The summed E-state index contributed by atoms with van der Waals surface area (Å²) in [5.74, 6) is -0.582. The third kappa shape index (κ3) is 7.41. The highest BCUT2D eigenvalue weighted by atomic mass is 35.5. The van der Waals surface area contributed by atoms with Crippen molar-refractivity contribution in [1.82, 2.24) is 5.32 Å². The van der Waals surface area contributed by atoms with E-state index in [9.17, 15) is 9.59 Å². The second-order valence-electron chi connectivity index (χ2n) is 5.83. The second kappa shape index (κ2) is 11.8. The van der Waals surface area contributed by atoms with Crippen LogP contribution in [0.3, 0.4) is 0 Å². The molecule has 0 heterocycles. The molecule has 0 fully saturated rings. The van der Waals surface area contributed by atoms with Gasteiger partial charge in [-0.15, -0.1) is 0 Å². The lowest BCUT2D eigenvalue weighted by molar-refractivity contribution is -0.136. The summed E-state index contributed by atoms with van der Waals surface area (Å²) < 4.78 is 15.3. The highest BCUT2D eigenvalue weighted by Crippen LogP contribution is 2.27. The summed E-state index contributed by atoms with van der Waals surface area (Å²) in [5.41, 5.74) is 0.540. The van der Waals surface area contributed by atoms with Gasteiger partial charge in [0.15, 0.2) is 6.61 Å². The minimum Gasteiger partial charge on any atom is -0.480 e. The Morgan fingerprint density at radius 2 is 1.90 bits per heavy atom. The Hall–Kier alpha value is -3.05. The monoisotopic (exact) mass is 448 g/mol. The Labute approximate surface area is 183 Å². The molecule has 0 aliphatic carbocycles. The molecule has 0 atom stereocenters. The molecule has 0 saturated carbocycles. The number of halogens is 2. The van der Waals surface area contributed by atoms with Crippen molar-refractivity contribution in [3.8, 4) is 17.6 Å². The number of carbonyl (C=O) groups excluding carboxylic acids is 2. The molecule has 0 bridgehead atoms. The van der Waals surface area contributed by atoms with Crippen molar-refractivity contribution in [3.05, 3.63) is 63.6 Å². The first-order valence-corrected chi connectivity index (χ1v) is 9.46. The Balaban J connectivity index is 1.93. The topological polar surface area (TPSA) is 97.6 Å². The number of amides is 1. The van der Waals surface area contributed by atoms with Gasteiger partial charge in [-0.3, -0.25) is 4.79 Å². The zero-order valence-electron chi connectivity index (χ0n) is 16.0. The fourth-order valence-corrected chi connectivity index (χ4v) is 2.53. The molecule has 0 saturated heterocycles. The summed E-state index contributed by atoms with van der Waals surface area (Å²) in [6.45, 7) is 0.283. The summed E-state index contributed by atoms with van der Waals surface area (Å²) >= 11 is 11.8. The fraction of sp³-hybridized carbons (Fsp3) is 0.190. The van der Waals surface area contributed by atoms with Gasteiger partial charge in [0.25, 0.3) is 5.91 Å². The maximum Gasteiger partial charge on any atom is 0.349 e. The molecule has 2 rings (SSSR count). The molecule has 0 aliphatic heterocycles. The van der Waals surface area contributed by atoms with Crippen LogP contribution in [0.25, 0.3) is 6.08 Å². The number of carbonyl (C=O) groups is 2. The van der Waals surface area contributed by atoms with Crippen LogP contribution in [-0.2, 0) is 14.3 Å². The van der Waals surface area contributed by atoms with Gasteiger partial charge in [-0.25, -0.2) is 4.79 Å². The standard InChI is InChI=1S/C21H18Cl2N2O5/c1-28-9-8-25-21(27)15(12-24)10-14-2-5-17(6-3-14)30-20(26)13-29-19-11-16(22)4-7-18(19)23/h2-7,10-11H,8-9,13H2,1H3,(H,25,27)/b15-10+. The highest BCUT2D eigenvalue weighted by Gasteiger charge is 2.10. The van der Waals surface area contributed by atoms with Crippen molar-refractivity contribution >= 4 is 41.2 Å². The van der Waals surface area contributed by atoms with E-state index in [0.717, 1.165) is 0 Å². The first-order valence-electron chi connectivity index (χ1n) is 8.70. The van der Waals surface area contributed by atoms with Gasteiger partial charge in [0.1, 0.15) is 23.1 Å². The van der Waals surface area contributed by atoms with Gasteiger partial charge in [-0.2, -0.15) is 5.26 Å². The fourth-order valence-electron chi connectivity index (χ4n) is 2.19. The van der Waals surface area contributed by atoms with E-state index in [4.69, 9.17) is 42.7 Å². The smallest absolute Gasteiger partial charge is 0.349 e. The average Bonchev–Trinajstić information content (AvgIpc) is 2.74. The molecule has 0 radical (unpaired) electrons. The summed E-state index contributed by atoms with van der Waals surface area (Å²) in [6.07, 6.45) is 1.43. The number of hydrogen-bond acceptors (Lipinski definition) is 6. The molecule has 2 aromatic carbocycles. The van der Waals surface area contributed by atoms with Crippen LogP contribution in [-0.4, -0.2) is 38.7 Å². The van der Waals surface area contributed by atoms with Gasteiger partial charge in [0.2, 0.25) is 0 Å². The molecular formula is C21H18Cl2N2O5. The zero-order chi connectivity index (χ0) is 21.9. The molecule has 0 unspecified atom stereocenters. The number of hydrogen-bond donors (Lipinski definition) is 1. The van der Waals surface area contributed by atoms with Crippen molar-refractivity contribution < 1.29 is 23.8 Å². The van der Waals surface area contributed by atoms with E-state index in [2.05, 4.69) is 5.32 Å². The van der Waals surface area contributed by atoms with Gasteiger partial charge >= 0.3 is 5.97 Å². The normalized spacial score (nSPS) is 10.8. The van der Waals surface area contributed by atoms with Crippen molar-refractivity contribution in [3.63, 3.8) is 0 Å². The van der Waals surface area contributed by atoms with Crippen LogP contribution < -0.4 is 14.8 Å². The summed E-state index contributed by atoms with van der Waals surface area (Å²) in [4.78, 5) is 23.9. The number of esters is 1. The molecule has 2 aromatic rings. The van der Waals surface area contributed by atoms with Gasteiger partial charge in [-0.1, -0.05) is 35.3 Å². The van der Waals surface area contributed by atoms with Gasteiger partial charge in [0.05, 0.1) is 11.6 Å². The SMILES string of the molecule is COCCNC(=O)/C(C#N)=C/c1ccc(OC(=O)COc2cc(Cl)ccc2Cl)cc1. The van der Waals surface area contributed by atoms with Crippen LogP contribution in [0, 0.1) is 11.3 Å². The Morgan fingerprint density at radius 3 is 2.57 bits per heavy atom. The van der Waals surface area contributed by atoms with E-state index in [-0.39, 0.29) is 23.7 Å². The van der Waals surface area contributed by atoms with E-state index in [1.165, 1.54) is 31.4 Å². The van der Waals surface area contributed by atoms with Crippen LogP contribution in [0.1, 0.15) is 5.56 Å². The molecule has 0 aliphatic rings. The number of methoxy groups -OCH3 is 1. The van der Waals surface area contributed by atoms with E-state index >= 15 is 0 Å². The quantitative estimate of drug-likeness (QED) is 0.206. The molecule has 1 N–H and O–H groups in total. The van der Waals surface area contributed by atoms with Crippen LogP contribution >= 0.6 is 23.2 Å². The molecule has 0 aromatic heterocycles. The predicted molar refractivity (Wildman–Crippen MR) is 113 cm³/mol. The molecule has 7 nitrogen and oxygen atoms in total. The summed E-state index contributed by atoms with van der Waals surface area (Å²) in [7, 11) is 1.51. The average molecular weight is 449 g/mol.